The second kappa shape index (κ2) is 4.79. The molecule has 2 aromatic carbocycles. The van der Waals surface area contributed by atoms with Crippen molar-refractivity contribution in [2.45, 2.75) is 18.5 Å². The predicted molar refractivity (Wildman–Crippen MR) is 57.8 cm³/mol. The molecule has 2 rings (SSSR count). The van der Waals surface area contributed by atoms with Crippen LogP contribution in [0.1, 0.15) is 16.7 Å². The van der Waals surface area contributed by atoms with Gasteiger partial charge < -0.3 is 0 Å². The molecule has 0 aliphatic rings. The number of halogens is 9. The van der Waals surface area contributed by atoms with E-state index in [9.17, 15) is 39.5 Å². The van der Waals surface area contributed by atoms with Gasteiger partial charge in [-0.05, 0) is 17.5 Å². The molecule has 0 unspecified atom stereocenters. The number of alkyl halides is 9. The Hall–Kier alpha value is -1.93. The maximum Gasteiger partial charge on any atom is 0.417 e. The first-order valence-electron chi connectivity index (χ1n) is 5.52. The van der Waals surface area contributed by atoms with E-state index in [0.29, 0.717) is 18.2 Å². The van der Waals surface area contributed by atoms with E-state index in [1.54, 1.807) is 0 Å². The molecule has 9 heteroatoms. The highest BCUT2D eigenvalue weighted by Crippen LogP contribution is 2.43. The van der Waals surface area contributed by atoms with Gasteiger partial charge in [-0.25, -0.2) is 0 Å². The van der Waals surface area contributed by atoms with Gasteiger partial charge in [-0.1, -0.05) is 12.1 Å². The van der Waals surface area contributed by atoms with Gasteiger partial charge in [0.1, 0.15) is 0 Å². The van der Waals surface area contributed by atoms with Gasteiger partial charge in [0.25, 0.3) is 0 Å². The van der Waals surface area contributed by atoms with Crippen LogP contribution in [-0.4, -0.2) is 0 Å². The Labute approximate surface area is 117 Å². The Kier molecular flexibility index (Phi) is 3.58. The van der Waals surface area contributed by atoms with Crippen molar-refractivity contribution in [2.24, 2.45) is 0 Å². The third kappa shape index (κ3) is 2.97. The summed E-state index contributed by atoms with van der Waals surface area (Å²) in [7, 11) is 0. The Bertz CT molecular complexity index is 704. The first kappa shape index (κ1) is 16.4. The van der Waals surface area contributed by atoms with Gasteiger partial charge in [0.05, 0.1) is 16.7 Å². The van der Waals surface area contributed by atoms with Crippen LogP contribution in [0, 0.1) is 6.07 Å². The number of benzene rings is 2. The van der Waals surface area contributed by atoms with Crippen LogP contribution in [0.4, 0.5) is 39.5 Å². The van der Waals surface area contributed by atoms with Crippen molar-refractivity contribution in [1.82, 2.24) is 0 Å². The molecule has 0 heterocycles. The molecule has 0 nitrogen and oxygen atoms in total. The van der Waals surface area contributed by atoms with Crippen LogP contribution in [0.2, 0.25) is 0 Å². The Morgan fingerprint density at radius 3 is 1.68 bits per heavy atom. The maximum absolute atomic E-state index is 12.9. The third-order valence-electron chi connectivity index (χ3n) is 2.82. The maximum atomic E-state index is 12.9. The molecule has 0 bridgehead atoms. The monoisotopic (exact) mass is 331 g/mol. The molecule has 0 aromatic heterocycles. The smallest absolute Gasteiger partial charge is 0.166 e. The minimum atomic E-state index is -5.26. The molecule has 0 N–H and O–H groups in total. The van der Waals surface area contributed by atoms with Crippen LogP contribution >= 0.6 is 0 Å². The lowest BCUT2D eigenvalue weighted by Crippen LogP contribution is -2.13. The Morgan fingerprint density at radius 2 is 1.23 bits per heavy atom. The third-order valence-corrected chi connectivity index (χ3v) is 2.82. The largest absolute Gasteiger partial charge is 0.417 e. The van der Waals surface area contributed by atoms with Gasteiger partial charge in [-0.15, -0.1) is 0 Å². The number of rotatable bonds is 0. The summed E-state index contributed by atoms with van der Waals surface area (Å²) in [6.07, 6.45) is -15.6. The van der Waals surface area contributed by atoms with Crippen molar-refractivity contribution in [3.05, 3.63) is 47.0 Å². The van der Waals surface area contributed by atoms with Gasteiger partial charge in [-0.3, -0.25) is 0 Å². The molecule has 0 saturated carbocycles. The summed E-state index contributed by atoms with van der Waals surface area (Å²) in [5.74, 6) is 0. The van der Waals surface area contributed by atoms with Crippen LogP contribution in [0.15, 0.2) is 24.3 Å². The quantitative estimate of drug-likeness (QED) is 0.544. The van der Waals surface area contributed by atoms with Crippen LogP contribution in [-0.2, 0) is 18.5 Å². The van der Waals surface area contributed by atoms with E-state index >= 15 is 0 Å². The van der Waals surface area contributed by atoms with E-state index in [-0.39, 0.29) is 6.07 Å². The minimum absolute atomic E-state index is 0.248. The molecule has 0 spiro atoms. The SMILES string of the molecule is FC(F)(F)c1[c]c2c(C(F)(F)F)cccc2c(C(F)(F)F)c1. The second-order valence-electron chi connectivity index (χ2n) is 4.32. The van der Waals surface area contributed by atoms with Crippen molar-refractivity contribution in [3.63, 3.8) is 0 Å². The van der Waals surface area contributed by atoms with Crippen molar-refractivity contribution < 1.29 is 39.5 Å². The van der Waals surface area contributed by atoms with E-state index in [1.165, 1.54) is 6.07 Å². The Balaban J connectivity index is 2.96. The average molecular weight is 331 g/mol. The summed E-state index contributed by atoms with van der Waals surface area (Å²) in [5, 5.41) is -2.26. The zero-order valence-electron chi connectivity index (χ0n) is 10.2. The number of hydrogen-bond donors (Lipinski definition) is 0. The van der Waals surface area contributed by atoms with E-state index < -0.39 is 46.0 Å². The van der Waals surface area contributed by atoms with E-state index in [4.69, 9.17) is 0 Å². The van der Waals surface area contributed by atoms with Crippen molar-refractivity contribution in [2.75, 3.05) is 0 Å². The zero-order chi connectivity index (χ0) is 16.9. The molecule has 2 aromatic rings. The van der Waals surface area contributed by atoms with Gasteiger partial charge in [0, 0.05) is 11.5 Å². The molecule has 0 aliphatic heterocycles. The second-order valence-corrected chi connectivity index (χ2v) is 4.32. The topological polar surface area (TPSA) is 0 Å². The lowest BCUT2D eigenvalue weighted by atomic mass is 9.96. The first-order valence-corrected chi connectivity index (χ1v) is 5.52. The summed E-state index contributed by atoms with van der Waals surface area (Å²) in [4.78, 5) is 0. The minimum Gasteiger partial charge on any atom is -0.166 e. The van der Waals surface area contributed by atoms with Crippen LogP contribution in [0.3, 0.4) is 0 Å². The summed E-state index contributed by atoms with van der Waals surface area (Å²) in [6.45, 7) is 0. The fraction of sp³-hybridized carbons (Fsp3) is 0.231. The molecule has 22 heavy (non-hydrogen) atoms. The first-order chi connectivity index (χ1) is 9.82. The standard InChI is InChI=1S/C13H4F9/c14-11(15,16)6-4-8-7(10(5-6)13(20,21)22)2-1-3-9(8)12(17,18)19/h1-3,5H. The predicted octanol–water partition coefficient (Wildman–Crippen LogP) is 5.70. The van der Waals surface area contributed by atoms with Crippen molar-refractivity contribution >= 4 is 10.8 Å². The molecule has 0 aliphatic carbocycles. The molecule has 0 fully saturated rings. The van der Waals surface area contributed by atoms with E-state index in [2.05, 4.69) is 0 Å². The number of hydrogen-bond acceptors (Lipinski definition) is 0. The molecule has 1 radical (unpaired) electrons. The molecule has 0 amide bonds. The fourth-order valence-electron chi connectivity index (χ4n) is 1.93. The summed E-state index contributed by atoms with van der Waals surface area (Å²) in [5.41, 5.74) is -5.31. The normalized spacial score (nSPS) is 13.7. The van der Waals surface area contributed by atoms with Crippen LogP contribution < -0.4 is 0 Å². The van der Waals surface area contributed by atoms with Crippen LogP contribution in [0.25, 0.3) is 10.8 Å². The van der Waals surface area contributed by atoms with Gasteiger partial charge in [-0.2, -0.15) is 39.5 Å². The molecule has 119 valence electrons. The highest BCUT2D eigenvalue weighted by Gasteiger charge is 2.40. The zero-order valence-corrected chi connectivity index (χ0v) is 10.2. The molecule has 0 atom stereocenters. The lowest BCUT2D eigenvalue weighted by molar-refractivity contribution is -0.143. The van der Waals surface area contributed by atoms with Gasteiger partial charge in [0.2, 0.25) is 0 Å². The van der Waals surface area contributed by atoms with Gasteiger partial charge >= 0.3 is 18.5 Å². The van der Waals surface area contributed by atoms with Crippen molar-refractivity contribution in [3.8, 4) is 0 Å². The number of fused-ring (bicyclic) bond motifs is 1. The lowest BCUT2D eigenvalue weighted by Gasteiger charge is -2.17. The van der Waals surface area contributed by atoms with E-state index in [1.807, 2.05) is 0 Å². The molecular formula is C13H4F9. The summed E-state index contributed by atoms with van der Waals surface area (Å²) in [6, 6.07) is 2.93. The summed E-state index contributed by atoms with van der Waals surface area (Å²) < 4.78 is 115. The molecule has 0 saturated heterocycles. The van der Waals surface area contributed by atoms with Crippen molar-refractivity contribution in [1.29, 1.82) is 0 Å². The summed E-state index contributed by atoms with van der Waals surface area (Å²) >= 11 is 0. The van der Waals surface area contributed by atoms with E-state index in [0.717, 1.165) is 0 Å². The van der Waals surface area contributed by atoms with Crippen LogP contribution in [0.5, 0.6) is 0 Å². The average Bonchev–Trinajstić information content (AvgIpc) is 2.33. The highest BCUT2D eigenvalue weighted by molar-refractivity contribution is 5.89. The fourth-order valence-corrected chi connectivity index (χ4v) is 1.93. The highest BCUT2D eigenvalue weighted by atomic mass is 19.4. The van der Waals surface area contributed by atoms with Gasteiger partial charge in [0.15, 0.2) is 0 Å². The Morgan fingerprint density at radius 1 is 0.682 bits per heavy atom. The molecular weight excluding hydrogens is 327 g/mol.